The monoisotopic (exact) mass is 677 g/mol. The summed E-state index contributed by atoms with van der Waals surface area (Å²) in [6.07, 6.45) is 5.52. The lowest BCUT2D eigenvalue weighted by Gasteiger charge is -2.32. The van der Waals surface area contributed by atoms with Gasteiger partial charge in [0.15, 0.2) is 0 Å². The van der Waals surface area contributed by atoms with E-state index in [1.165, 1.54) is 10.9 Å². The summed E-state index contributed by atoms with van der Waals surface area (Å²) in [5.74, 6) is -1.83. The smallest absolute Gasteiger partial charge is 0.339 e. The van der Waals surface area contributed by atoms with Crippen molar-refractivity contribution < 1.29 is 43.9 Å². The van der Waals surface area contributed by atoms with Gasteiger partial charge in [-0.2, -0.15) is 5.10 Å². The Kier molecular flexibility index (Phi) is 15.6. The molecule has 3 atom stereocenters. The molecule has 47 heavy (non-hydrogen) atoms. The summed E-state index contributed by atoms with van der Waals surface area (Å²) in [4.78, 5) is 38.6. The largest absolute Gasteiger partial charge is 0.499 e. The molecule has 2 heterocycles. The maximum atomic E-state index is 14.1. The van der Waals surface area contributed by atoms with E-state index in [0.717, 1.165) is 11.3 Å². The predicted octanol–water partition coefficient (Wildman–Crippen LogP) is 5.53. The molecule has 260 valence electrons. The highest BCUT2D eigenvalue weighted by atomic mass is 35.5. The van der Waals surface area contributed by atoms with Gasteiger partial charge < -0.3 is 34.4 Å². The number of fused-ring (bicyclic) bond motifs is 1. The maximum absolute atomic E-state index is 14.1. The molecule has 3 rings (SSSR count). The van der Waals surface area contributed by atoms with Crippen LogP contribution in [-0.2, 0) is 36.8 Å². The zero-order chi connectivity index (χ0) is 35.3. The van der Waals surface area contributed by atoms with Crippen molar-refractivity contribution in [1.29, 1.82) is 0 Å². The third-order valence-corrected chi connectivity index (χ3v) is 7.76. The number of aromatic nitrogens is 2. The second-order valence-electron chi connectivity index (χ2n) is 12.0. The number of hydrogen-bond acceptors (Lipinski definition) is 8. The minimum Gasteiger partial charge on any atom is -0.499 e. The first-order valence-electron chi connectivity index (χ1n) is 15.4. The van der Waals surface area contributed by atoms with Gasteiger partial charge in [-0.05, 0) is 44.5 Å². The second-order valence-corrected chi connectivity index (χ2v) is 12.5. The number of carbonyl (C=O) groups excluding carboxylic acids is 1. The number of aromatic carboxylic acids is 1. The van der Waals surface area contributed by atoms with E-state index >= 15 is 0 Å². The van der Waals surface area contributed by atoms with E-state index in [-0.39, 0.29) is 62.0 Å². The minimum absolute atomic E-state index is 0.0770. The molecule has 1 amide bonds. The molecule has 0 spiro atoms. The Hall–Kier alpha value is -3.71. The van der Waals surface area contributed by atoms with Gasteiger partial charge in [0, 0.05) is 73.5 Å². The summed E-state index contributed by atoms with van der Waals surface area (Å²) in [5.41, 5.74) is 0.790. The van der Waals surface area contributed by atoms with Crippen LogP contribution < -0.4 is 4.90 Å². The van der Waals surface area contributed by atoms with Gasteiger partial charge in [-0.3, -0.25) is 14.3 Å². The van der Waals surface area contributed by atoms with Crippen molar-refractivity contribution in [1.82, 2.24) is 9.78 Å². The van der Waals surface area contributed by atoms with Crippen molar-refractivity contribution in [3.05, 3.63) is 70.2 Å². The Bertz CT molecular complexity index is 1420. The molecule has 1 aliphatic rings. The number of aliphatic hydroxyl groups excluding tert-OH is 1. The predicted molar refractivity (Wildman–Crippen MR) is 179 cm³/mol. The number of benzene rings is 1. The summed E-state index contributed by atoms with van der Waals surface area (Å²) in [7, 11) is 3.27. The van der Waals surface area contributed by atoms with Crippen molar-refractivity contribution in [3.63, 3.8) is 0 Å². The minimum atomic E-state index is -1.21. The molecule has 0 fully saturated rings. The van der Waals surface area contributed by atoms with Crippen LogP contribution in [0.4, 0.5) is 5.69 Å². The maximum Gasteiger partial charge on any atom is 0.339 e. The first kappa shape index (κ1) is 39.5. The number of aliphatic hydroxyl groups is 1. The van der Waals surface area contributed by atoms with Crippen LogP contribution in [0.5, 0.6) is 0 Å². The number of ether oxygens (including phenoxy) is 3. The molecule has 13 heteroatoms. The van der Waals surface area contributed by atoms with Crippen molar-refractivity contribution in [3.8, 4) is 0 Å². The van der Waals surface area contributed by atoms with Gasteiger partial charge in [0.2, 0.25) is 0 Å². The Morgan fingerprint density at radius 2 is 1.91 bits per heavy atom. The number of methoxy groups -OCH3 is 2. The third-order valence-electron chi connectivity index (χ3n) is 7.52. The number of carboxylic acid groups (broad SMARTS) is 2. The van der Waals surface area contributed by atoms with Crippen LogP contribution >= 0.6 is 11.6 Å². The van der Waals surface area contributed by atoms with Crippen LogP contribution in [0.25, 0.3) is 0 Å². The van der Waals surface area contributed by atoms with E-state index < -0.39 is 29.6 Å². The van der Waals surface area contributed by atoms with E-state index in [0.29, 0.717) is 17.3 Å². The lowest BCUT2D eigenvalue weighted by Crippen LogP contribution is -2.46. The Morgan fingerprint density at radius 3 is 2.45 bits per heavy atom. The fraction of sp³-hybridized carbons (Fsp3) is 0.529. The van der Waals surface area contributed by atoms with E-state index in [9.17, 15) is 24.6 Å². The van der Waals surface area contributed by atoms with Crippen LogP contribution in [0.15, 0.2) is 48.4 Å². The van der Waals surface area contributed by atoms with Crippen molar-refractivity contribution in [2.45, 2.75) is 72.6 Å². The average Bonchev–Trinajstić information content (AvgIpc) is 3.39. The molecule has 12 nitrogen and oxygen atoms in total. The number of halogens is 1. The van der Waals surface area contributed by atoms with Gasteiger partial charge in [-0.1, -0.05) is 44.5 Å². The van der Waals surface area contributed by atoms with Gasteiger partial charge in [0.25, 0.3) is 5.91 Å². The second kappa shape index (κ2) is 18.6. The number of rotatable bonds is 15. The zero-order valence-corrected chi connectivity index (χ0v) is 29.0. The highest BCUT2D eigenvalue weighted by molar-refractivity contribution is 6.30. The summed E-state index contributed by atoms with van der Waals surface area (Å²) < 4.78 is 17.5. The highest BCUT2D eigenvalue weighted by Gasteiger charge is 2.40. The van der Waals surface area contributed by atoms with Gasteiger partial charge >= 0.3 is 11.9 Å². The SMILES string of the molecule is C/C=C(\COC)OC.C/C=C\C(C)C1O[C@H](Cc2nn(CCCC(=O)O)cc2C(=O)O)C(=O)N(CC(C)(C)CO)c2ccc(Cl)cc21. The molecule has 2 unspecified atom stereocenters. The van der Waals surface area contributed by atoms with Gasteiger partial charge in [0.05, 0.1) is 18.9 Å². The number of allylic oxidation sites excluding steroid dienone is 2. The number of hydrogen-bond donors (Lipinski definition) is 3. The Labute approximate surface area is 281 Å². The lowest BCUT2D eigenvalue weighted by atomic mass is 9.92. The molecule has 0 saturated carbocycles. The normalized spacial score (nSPS) is 17.5. The molecule has 0 radical (unpaired) electrons. The third kappa shape index (κ3) is 11.5. The number of aryl methyl sites for hydroxylation is 1. The number of aliphatic carboxylic acids is 1. The molecule has 1 aromatic carbocycles. The number of nitrogens with zero attached hydrogens (tertiary/aromatic N) is 3. The van der Waals surface area contributed by atoms with Crippen LogP contribution in [0.2, 0.25) is 5.02 Å². The van der Waals surface area contributed by atoms with Crippen LogP contribution in [0, 0.1) is 11.3 Å². The molecule has 2 aromatic rings. The van der Waals surface area contributed by atoms with Crippen LogP contribution in [-0.4, -0.2) is 83.0 Å². The molecule has 3 N–H and O–H groups in total. The average molecular weight is 678 g/mol. The summed E-state index contributed by atoms with van der Waals surface area (Å²) >= 11 is 6.38. The van der Waals surface area contributed by atoms with Gasteiger partial charge in [-0.25, -0.2) is 4.79 Å². The number of amides is 1. The van der Waals surface area contributed by atoms with E-state index in [1.54, 1.807) is 37.3 Å². The van der Waals surface area contributed by atoms with Gasteiger partial charge in [-0.15, -0.1) is 0 Å². The van der Waals surface area contributed by atoms with Crippen molar-refractivity contribution in [2.24, 2.45) is 11.3 Å². The highest BCUT2D eigenvalue weighted by Crippen LogP contribution is 2.41. The quantitative estimate of drug-likeness (QED) is 0.162. The molecular formula is C34H48ClN3O9. The Balaban J connectivity index is 0.000000849. The first-order valence-corrected chi connectivity index (χ1v) is 15.8. The fourth-order valence-corrected chi connectivity index (χ4v) is 5.24. The lowest BCUT2D eigenvalue weighted by molar-refractivity contribution is -0.137. The first-order chi connectivity index (χ1) is 22.2. The standard InChI is InChI=1S/C28H36ClN3O7.C6H12O2/c1-5-7-17(2)25-19-12-18(29)9-10-22(19)32(15-28(3,4)16-33)26(36)23(39-25)13-21-20(27(37)38)14-31(30-21)11-6-8-24(34)35;1-4-6(8-3)5-7-2/h5,7,9-10,12,14,17,23,25,33H,6,8,11,13,15-16H2,1-4H3,(H,34,35)(H,37,38);4H,5H2,1-3H3/b7-5-;6-4+/t17?,23-,25?;/m1./s1. The van der Waals surface area contributed by atoms with Crippen molar-refractivity contribution >= 4 is 35.1 Å². The molecule has 0 saturated heterocycles. The van der Waals surface area contributed by atoms with Crippen LogP contribution in [0.3, 0.4) is 0 Å². The van der Waals surface area contributed by atoms with Crippen LogP contribution in [0.1, 0.15) is 75.2 Å². The number of anilines is 1. The molecule has 1 aliphatic heterocycles. The number of carbonyl (C=O) groups is 3. The Morgan fingerprint density at radius 1 is 1.21 bits per heavy atom. The summed E-state index contributed by atoms with van der Waals surface area (Å²) in [6, 6.07) is 5.24. The summed E-state index contributed by atoms with van der Waals surface area (Å²) in [5, 5.41) is 33.6. The summed E-state index contributed by atoms with van der Waals surface area (Å²) in [6.45, 7) is 10.3. The molecule has 1 aromatic heterocycles. The fourth-order valence-electron chi connectivity index (χ4n) is 5.06. The molecular weight excluding hydrogens is 630 g/mol. The number of carboxylic acids is 2. The molecule has 0 aliphatic carbocycles. The topological polar surface area (TPSA) is 161 Å². The van der Waals surface area contributed by atoms with E-state index in [2.05, 4.69) is 5.10 Å². The van der Waals surface area contributed by atoms with Crippen molar-refractivity contribution in [2.75, 3.05) is 38.9 Å². The zero-order valence-electron chi connectivity index (χ0n) is 28.2. The molecule has 0 bridgehead atoms. The van der Waals surface area contributed by atoms with E-state index in [1.807, 2.05) is 52.8 Å². The van der Waals surface area contributed by atoms with Gasteiger partial charge in [0.1, 0.15) is 24.0 Å². The van der Waals surface area contributed by atoms with E-state index in [4.69, 9.17) is 30.9 Å².